The van der Waals surface area contributed by atoms with Crippen molar-refractivity contribution in [3.05, 3.63) is 18.3 Å². The van der Waals surface area contributed by atoms with Crippen LogP contribution >= 0.6 is 23.1 Å². The number of rotatable bonds is 4. The molecule has 0 unspecified atom stereocenters. The molecule has 0 N–H and O–H groups in total. The van der Waals surface area contributed by atoms with E-state index in [4.69, 9.17) is 0 Å². The predicted octanol–water partition coefficient (Wildman–Crippen LogP) is 3.58. The number of fused-ring (bicyclic) bond motifs is 1. The largest absolute Gasteiger partial charge is 0.236 e. The van der Waals surface area contributed by atoms with Gasteiger partial charge in [-0.1, -0.05) is 25.1 Å². The van der Waals surface area contributed by atoms with Gasteiger partial charge in [-0.2, -0.15) is 0 Å². The number of aromatic nitrogens is 2. The number of unbranched alkanes of at least 4 members (excludes halogenated alkanes) is 1. The van der Waals surface area contributed by atoms with Crippen LogP contribution in [0.3, 0.4) is 0 Å². The van der Waals surface area contributed by atoms with Crippen molar-refractivity contribution < 1.29 is 0 Å². The first-order valence-electron chi connectivity index (χ1n) is 4.74. The molecule has 0 amide bonds. The summed E-state index contributed by atoms with van der Waals surface area (Å²) in [6.45, 7) is 2.21. The van der Waals surface area contributed by atoms with Gasteiger partial charge in [0.2, 0.25) is 0 Å². The molecular weight excluding hydrogens is 212 g/mol. The molecule has 0 spiro atoms. The van der Waals surface area contributed by atoms with Gasteiger partial charge in [0.25, 0.3) is 0 Å². The minimum Gasteiger partial charge on any atom is -0.236 e. The summed E-state index contributed by atoms with van der Waals surface area (Å²) in [4.78, 5) is 8.67. The van der Waals surface area contributed by atoms with Crippen molar-refractivity contribution >= 4 is 33.4 Å². The Labute approximate surface area is 91.8 Å². The number of pyridine rings is 1. The van der Waals surface area contributed by atoms with E-state index in [1.165, 1.54) is 17.5 Å². The smallest absolute Gasteiger partial charge is 0.171 e. The van der Waals surface area contributed by atoms with Crippen LogP contribution in [0.4, 0.5) is 0 Å². The van der Waals surface area contributed by atoms with Crippen LogP contribution in [0.25, 0.3) is 10.3 Å². The first kappa shape index (κ1) is 9.93. The van der Waals surface area contributed by atoms with Gasteiger partial charge in [-0.05, 0) is 18.6 Å². The van der Waals surface area contributed by atoms with Crippen LogP contribution in [-0.2, 0) is 0 Å². The van der Waals surface area contributed by atoms with Crippen LogP contribution < -0.4 is 0 Å². The highest BCUT2D eigenvalue weighted by Crippen LogP contribution is 2.28. The Morgan fingerprint density at radius 2 is 2.43 bits per heavy atom. The van der Waals surface area contributed by atoms with E-state index in [9.17, 15) is 0 Å². The molecule has 2 heterocycles. The average molecular weight is 224 g/mol. The van der Waals surface area contributed by atoms with Crippen LogP contribution in [0, 0.1) is 0 Å². The van der Waals surface area contributed by atoms with Crippen LogP contribution in [0.2, 0.25) is 0 Å². The summed E-state index contributed by atoms with van der Waals surface area (Å²) in [5.41, 5.74) is 0.886. The average Bonchev–Trinajstić information content (AvgIpc) is 2.60. The lowest BCUT2D eigenvalue weighted by molar-refractivity contribution is 0.896. The second-order valence-corrected chi connectivity index (χ2v) is 5.38. The van der Waals surface area contributed by atoms with Crippen molar-refractivity contribution in [2.24, 2.45) is 0 Å². The first-order valence-corrected chi connectivity index (χ1v) is 6.54. The molecule has 2 aromatic rings. The molecule has 2 rings (SSSR count). The summed E-state index contributed by atoms with van der Waals surface area (Å²) in [7, 11) is 0. The fraction of sp³-hybridized carbons (Fsp3) is 0.400. The van der Waals surface area contributed by atoms with Crippen molar-refractivity contribution in [1.29, 1.82) is 0 Å². The standard InChI is InChI=1S/C10H12N2S2/c1-2-3-7-13-10-12-9-8(14-10)5-4-6-11-9/h4-6H,2-3,7H2,1H3. The summed E-state index contributed by atoms with van der Waals surface area (Å²) in [6.07, 6.45) is 4.30. The Kier molecular flexibility index (Phi) is 3.37. The van der Waals surface area contributed by atoms with Crippen LogP contribution in [0.5, 0.6) is 0 Å². The lowest BCUT2D eigenvalue weighted by Gasteiger charge is -1.92. The van der Waals surface area contributed by atoms with E-state index >= 15 is 0 Å². The molecule has 0 saturated carbocycles. The molecule has 0 aromatic carbocycles. The zero-order chi connectivity index (χ0) is 9.80. The number of thiazole rings is 1. The van der Waals surface area contributed by atoms with Gasteiger partial charge in [0.05, 0.1) is 4.70 Å². The molecule has 0 atom stereocenters. The van der Waals surface area contributed by atoms with E-state index in [1.807, 2.05) is 17.8 Å². The van der Waals surface area contributed by atoms with Gasteiger partial charge in [-0.15, -0.1) is 11.3 Å². The van der Waals surface area contributed by atoms with E-state index in [-0.39, 0.29) is 0 Å². The van der Waals surface area contributed by atoms with Crippen molar-refractivity contribution in [3.63, 3.8) is 0 Å². The zero-order valence-electron chi connectivity index (χ0n) is 8.06. The molecule has 0 bridgehead atoms. The Balaban J connectivity index is 2.11. The van der Waals surface area contributed by atoms with Crippen LogP contribution in [0.15, 0.2) is 22.7 Å². The van der Waals surface area contributed by atoms with Crippen molar-refractivity contribution in [1.82, 2.24) is 9.97 Å². The highest BCUT2D eigenvalue weighted by molar-refractivity contribution is 8.01. The minimum atomic E-state index is 0.886. The second-order valence-electron chi connectivity index (χ2n) is 3.01. The lowest BCUT2D eigenvalue weighted by Crippen LogP contribution is -1.77. The number of hydrogen-bond donors (Lipinski definition) is 0. The third kappa shape index (κ3) is 2.25. The number of hydrogen-bond acceptors (Lipinski definition) is 4. The molecule has 0 saturated heterocycles. The summed E-state index contributed by atoms with van der Waals surface area (Å²) < 4.78 is 2.33. The lowest BCUT2D eigenvalue weighted by atomic mass is 10.4. The number of nitrogens with zero attached hydrogens (tertiary/aromatic N) is 2. The Hall–Kier alpha value is -0.610. The quantitative estimate of drug-likeness (QED) is 0.586. The van der Waals surface area contributed by atoms with Crippen molar-refractivity contribution in [2.45, 2.75) is 24.1 Å². The van der Waals surface area contributed by atoms with Gasteiger partial charge in [0, 0.05) is 11.9 Å². The van der Waals surface area contributed by atoms with Crippen LogP contribution in [0.1, 0.15) is 19.8 Å². The summed E-state index contributed by atoms with van der Waals surface area (Å²) in [5.74, 6) is 1.16. The molecule has 0 fully saturated rings. The van der Waals surface area contributed by atoms with E-state index in [0.717, 1.165) is 15.7 Å². The summed E-state index contributed by atoms with van der Waals surface area (Å²) >= 11 is 3.58. The Morgan fingerprint density at radius 3 is 3.21 bits per heavy atom. The molecule has 0 radical (unpaired) electrons. The summed E-state index contributed by atoms with van der Waals surface area (Å²) in [6, 6.07) is 4.03. The molecule has 14 heavy (non-hydrogen) atoms. The number of thioether (sulfide) groups is 1. The van der Waals surface area contributed by atoms with Crippen molar-refractivity contribution in [3.8, 4) is 0 Å². The molecule has 2 aromatic heterocycles. The molecular formula is C10H12N2S2. The predicted molar refractivity (Wildman–Crippen MR) is 63.0 cm³/mol. The Bertz CT molecular complexity index is 378. The minimum absolute atomic E-state index is 0.886. The fourth-order valence-corrected chi connectivity index (χ4v) is 3.28. The zero-order valence-corrected chi connectivity index (χ0v) is 9.70. The highest BCUT2D eigenvalue weighted by atomic mass is 32.2. The van der Waals surface area contributed by atoms with Gasteiger partial charge in [-0.3, -0.25) is 0 Å². The molecule has 74 valence electrons. The van der Waals surface area contributed by atoms with E-state index in [2.05, 4.69) is 23.0 Å². The highest BCUT2D eigenvalue weighted by Gasteiger charge is 2.03. The van der Waals surface area contributed by atoms with E-state index in [0.29, 0.717) is 0 Å². The molecule has 0 aliphatic carbocycles. The second kappa shape index (κ2) is 4.75. The maximum Gasteiger partial charge on any atom is 0.171 e. The maximum absolute atomic E-state index is 4.45. The topological polar surface area (TPSA) is 25.8 Å². The first-order chi connectivity index (χ1) is 6.90. The molecule has 4 heteroatoms. The third-order valence-electron chi connectivity index (χ3n) is 1.87. The normalized spacial score (nSPS) is 10.9. The molecule has 2 nitrogen and oxygen atoms in total. The van der Waals surface area contributed by atoms with Gasteiger partial charge in [0.15, 0.2) is 9.99 Å². The fourth-order valence-electron chi connectivity index (χ4n) is 1.11. The van der Waals surface area contributed by atoms with E-state index < -0.39 is 0 Å². The molecule has 0 aliphatic rings. The molecule has 0 aliphatic heterocycles. The summed E-state index contributed by atoms with van der Waals surface area (Å²) in [5, 5.41) is 0. The SMILES string of the molecule is CCCCSc1nc2ncccc2s1. The monoisotopic (exact) mass is 224 g/mol. The van der Waals surface area contributed by atoms with Crippen LogP contribution in [-0.4, -0.2) is 15.7 Å². The van der Waals surface area contributed by atoms with E-state index in [1.54, 1.807) is 17.5 Å². The van der Waals surface area contributed by atoms with Gasteiger partial charge < -0.3 is 0 Å². The van der Waals surface area contributed by atoms with Gasteiger partial charge in [0.1, 0.15) is 0 Å². The van der Waals surface area contributed by atoms with Gasteiger partial charge in [-0.25, -0.2) is 9.97 Å². The Morgan fingerprint density at radius 1 is 1.50 bits per heavy atom. The van der Waals surface area contributed by atoms with Gasteiger partial charge >= 0.3 is 0 Å². The van der Waals surface area contributed by atoms with Crippen molar-refractivity contribution in [2.75, 3.05) is 5.75 Å². The maximum atomic E-state index is 4.45. The third-order valence-corrected chi connectivity index (χ3v) is 4.11.